The summed E-state index contributed by atoms with van der Waals surface area (Å²) in [5.74, 6) is 0. The molecule has 0 amide bonds. The van der Waals surface area contributed by atoms with Crippen molar-refractivity contribution in [2.45, 2.75) is 19.0 Å². The minimum Gasteiger partial charge on any atom is -0.378 e. The van der Waals surface area contributed by atoms with E-state index in [1.54, 1.807) is 0 Å². The van der Waals surface area contributed by atoms with Crippen molar-refractivity contribution in [3.63, 3.8) is 0 Å². The summed E-state index contributed by atoms with van der Waals surface area (Å²) in [6, 6.07) is 27.3. The van der Waals surface area contributed by atoms with Crippen LogP contribution in [0.15, 0.2) is 91.3 Å². The zero-order valence-corrected chi connectivity index (χ0v) is 19.8. The molecule has 0 unspecified atom stereocenters. The SMILES string of the molecule is Cc1ccc(N2C(=S)N[C@H](c3ccccn3)[C@@H]2c2cccn2-c2ccc(N(C)C)cc2)cc1. The van der Waals surface area contributed by atoms with Gasteiger partial charge in [0.05, 0.1) is 11.7 Å². The first-order chi connectivity index (χ1) is 16.0. The van der Waals surface area contributed by atoms with Gasteiger partial charge in [-0.15, -0.1) is 0 Å². The Morgan fingerprint density at radius 2 is 1.61 bits per heavy atom. The predicted octanol–water partition coefficient (Wildman–Crippen LogP) is 5.42. The van der Waals surface area contributed by atoms with E-state index in [0.717, 1.165) is 22.8 Å². The molecule has 6 heteroatoms. The molecule has 0 aliphatic carbocycles. The van der Waals surface area contributed by atoms with E-state index in [1.165, 1.54) is 11.3 Å². The lowest BCUT2D eigenvalue weighted by atomic mass is 10.0. The van der Waals surface area contributed by atoms with Crippen LogP contribution in [0.2, 0.25) is 0 Å². The van der Waals surface area contributed by atoms with Gasteiger partial charge >= 0.3 is 0 Å². The topological polar surface area (TPSA) is 36.3 Å². The summed E-state index contributed by atoms with van der Waals surface area (Å²) in [6.07, 6.45) is 3.95. The average molecular weight is 454 g/mol. The molecule has 0 saturated carbocycles. The minimum atomic E-state index is -0.0744. The quantitative estimate of drug-likeness (QED) is 0.408. The van der Waals surface area contributed by atoms with Crippen molar-refractivity contribution in [1.29, 1.82) is 0 Å². The lowest BCUT2D eigenvalue weighted by molar-refractivity contribution is 0.549. The zero-order valence-electron chi connectivity index (χ0n) is 19.0. The Labute approximate surface area is 200 Å². The highest BCUT2D eigenvalue weighted by molar-refractivity contribution is 7.80. The number of hydrogen-bond donors (Lipinski definition) is 1. The summed E-state index contributed by atoms with van der Waals surface area (Å²) in [6.45, 7) is 2.10. The largest absolute Gasteiger partial charge is 0.378 e. The molecule has 0 radical (unpaired) electrons. The van der Waals surface area contributed by atoms with Gasteiger partial charge in [-0.3, -0.25) is 4.98 Å². The monoisotopic (exact) mass is 453 g/mol. The molecule has 1 saturated heterocycles. The van der Waals surface area contributed by atoms with Crippen molar-refractivity contribution >= 4 is 28.7 Å². The summed E-state index contributed by atoms with van der Waals surface area (Å²) in [4.78, 5) is 8.99. The molecule has 5 nitrogen and oxygen atoms in total. The van der Waals surface area contributed by atoms with Crippen molar-refractivity contribution < 1.29 is 0 Å². The fourth-order valence-corrected chi connectivity index (χ4v) is 4.77. The summed E-state index contributed by atoms with van der Waals surface area (Å²) < 4.78 is 2.25. The first-order valence-corrected chi connectivity index (χ1v) is 11.5. The van der Waals surface area contributed by atoms with Crippen LogP contribution in [0.5, 0.6) is 0 Å². The molecule has 2 aromatic heterocycles. The van der Waals surface area contributed by atoms with Gasteiger partial charge in [-0.25, -0.2) is 0 Å². The lowest BCUT2D eigenvalue weighted by Crippen LogP contribution is -2.30. The Hall–Kier alpha value is -3.64. The predicted molar refractivity (Wildman–Crippen MR) is 139 cm³/mol. The molecular weight excluding hydrogens is 426 g/mol. The molecule has 33 heavy (non-hydrogen) atoms. The molecule has 1 N–H and O–H groups in total. The zero-order chi connectivity index (χ0) is 22.9. The standard InChI is InChI=1S/C27H27N5S/c1-19-9-11-22(12-10-19)32-26(25(29-27(32)33)23-7-4-5-17-28-23)24-8-6-18-31(24)21-15-13-20(14-16-21)30(2)3/h4-18,25-26H,1-3H3,(H,29,33)/t25-,26+/m1/s1. The van der Waals surface area contributed by atoms with E-state index >= 15 is 0 Å². The van der Waals surface area contributed by atoms with Gasteiger partial charge in [0.15, 0.2) is 5.11 Å². The summed E-state index contributed by atoms with van der Waals surface area (Å²) in [7, 11) is 4.11. The molecule has 1 aliphatic rings. The summed E-state index contributed by atoms with van der Waals surface area (Å²) in [5.41, 5.74) is 6.69. The van der Waals surface area contributed by atoms with Gasteiger partial charge in [-0.1, -0.05) is 23.8 Å². The van der Waals surface area contributed by atoms with Crippen molar-refractivity contribution in [3.05, 3.63) is 108 Å². The van der Waals surface area contributed by atoms with Crippen molar-refractivity contribution in [2.75, 3.05) is 23.9 Å². The fourth-order valence-electron chi connectivity index (χ4n) is 4.42. The van der Waals surface area contributed by atoms with E-state index in [4.69, 9.17) is 12.2 Å². The molecule has 1 fully saturated rings. The third-order valence-electron chi connectivity index (χ3n) is 6.14. The van der Waals surface area contributed by atoms with Gasteiger partial charge in [0, 0.05) is 49.2 Å². The number of benzene rings is 2. The average Bonchev–Trinajstić information content (AvgIpc) is 3.44. The van der Waals surface area contributed by atoms with Gasteiger partial charge < -0.3 is 19.7 Å². The molecular formula is C27H27N5S. The van der Waals surface area contributed by atoms with Gasteiger partial charge in [0.1, 0.15) is 6.04 Å². The molecule has 4 aromatic rings. The van der Waals surface area contributed by atoms with Crippen molar-refractivity contribution in [3.8, 4) is 5.69 Å². The van der Waals surface area contributed by atoms with Gasteiger partial charge in [-0.2, -0.15) is 0 Å². The smallest absolute Gasteiger partial charge is 0.174 e. The van der Waals surface area contributed by atoms with Crippen LogP contribution < -0.4 is 15.1 Å². The van der Waals surface area contributed by atoms with E-state index in [0.29, 0.717) is 5.11 Å². The number of rotatable bonds is 5. The van der Waals surface area contributed by atoms with Crippen LogP contribution in [0.1, 0.15) is 29.0 Å². The Morgan fingerprint density at radius 3 is 2.27 bits per heavy atom. The Balaban J connectivity index is 1.63. The second-order valence-corrected chi connectivity index (χ2v) is 8.93. The highest BCUT2D eigenvalue weighted by Crippen LogP contribution is 2.42. The van der Waals surface area contributed by atoms with Crippen LogP contribution in [-0.2, 0) is 0 Å². The van der Waals surface area contributed by atoms with Gasteiger partial charge in [0.25, 0.3) is 0 Å². The first-order valence-electron chi connectivity index (χ1n) is 11.1. The molecule has 3 heterocycles. The van der Waals surface area contributed by atoms with Crippen LogP contribution in [0.25, 0.3) is 5.69 Å². The molecule has 0 bridgehead atoms. The Bertz CT molecular complexity index is 1250. The number of pyridine rings is 1. The normalized spacial score (nSPS) is 17.8. The highest BCUT2D eigenvalue weighted by Gasteiger charge is 2.42. The van der Waals surface area contributed by atoms with Crippen LogP contribution in [0.4, 0.5) is 11.4 Å². The van der Waals surface area contributed by atoms with Gasteiger partial charge in [0.2, 0.25) is 0 Å². The maximum atomic E-state index is 5.86. The molecule has 2 aromatic carbocycles. The maximum absolute atomic E-state index is 5.86. The second-order valence-electron chi connectivity index (χ2n) is 8.55. The Morgan fingerprint density at radius 1 is 0.879 bits per heavy atom. The molecule has 2 atom stereocenters. The van der Waals surface area contributed by atoms with Crippen molar-refractivity contribution in [1.82, 2.24) is 14.9 Å². The number of nitrogens with zero attached hydrogens (tertiary/aromatic N) is 4. The molecule has 0 spiro atoms. The van der Waals surface area contributed by atoms with E-state index in [9.17, 15) is 0 Å². The van der Waals surface area contributed by atoms with Crippen LogP contribution in [-0.4, -0.2) is 28.8 Å². The van der Waals surface area contributed by atoms with Crippen molar-refractivity contribution in [2.24, 2.45) is 0 Å². The number of thiocarbonyl (C=S) groups is 1. The summed E-state index contributed by atoms with van der Waals surface area (Å²) >= 11 is 5.86. The number of aromatic nitrogens is 2. The van der Waals surface area contributed by atoms with E-state index < -0.39 is 0 Å². The summed E-state index contributed by atoms with van der Waals surface area (Å²) in [5, 5.41) is 4.25. The van der Waals surface area contributed by atoms with Crippen LogP contribution in [0.3, 0.4) is 0 Å². The Kier molecular flexibility index (Phi) is 5.60. The first kappa shape index (κ1) is 21.2. The number of anilines is 2. The molecule has 166 valence electrons. The fraction of sp³-hybridized carbons (Fsp3) is 0.185. The number of hydrogen-bond acceptors (Lipinski definition) is 3. The third-order valence-corrected chi connectivity index (χ3v) is 6.45. The van der Waals surface area contributed by atoms with Crippen LogP contribution in [0, 0.1) is 6.92 Å². The number of aryl methyl sites for hydroxylation is 1. The molecule has 5 rings (SSSR count). The lowest BCUT2D eigenvalue weighted by Gasteiger charge is -2.29. The third kappa shape index (κ3) is 3.98. The van der Waals surface area contributed by atoms with E-state index in [2.05, 4.69) is 119 Å². The minimum absolute atomic E-state index is 0.0568. The highest BCUT2D eigenvalue weighted by atomic mass is 32.1. The van der Waals surface area contributed by atoms with Gasteiger partial charge in [-0.05, 0) is 79.8 Å². The van der Waals surface area contributed by atoms with E-state index in [1.807, 2.05) is 18.3 Å². The second kappa shape index (κ2) is 8.71. The molecule has 1 aliphatic heterocycles. The van der Waals surface area contributed by atoms with E-state index in [-0.39, 0.29) is 12.1 Å². The van der Waals surface area contributed by atoms with Crippen LogP contribution >= 0.6 is 12.2 Å². The maximum Gasteiger partial charge on any atom is 0.174 e. The number of nitrogens with one attached hydrogen (secondary N) is 1.